The van der Waals surface area contributed by atoms with Crippen molar-refractivity contribution >= 4 is 11.7 Å². The van der Waals surface area contributed by atoms with E-state index in [4.69, 9.17) is 5.73 Å². The zero-order valence-corrected chi connectivity index (χ0v) is 11.0. The van der Waals surface area contributed by atoms with E-state index in [0.29, 0.717) is 24.7 Å². The quantitative estimate of drug-likeness (QED) is 0.852. The summed E-state index contributed by atoms with van der Waals surface area (Å²) in [6, 6.07) is 0. The van der Waals surface area contributed by atoms with Gasteiger partial charge in [0.2, 0.25) is 5.91 Å². The Morgan fingerprint density at radius 2 is 2.22 bits per heavy atom. The van der Waals surface area contributed by atoms with Gasteiger partial charge in [-0.2, -0.15) is 5.10 Å². The molecule has 0 aromatic carbocycles. The van der Waals surface area contributed by atoms with Crippen molar-refractivity contribution in [3.05, 3.63) is 11.8 Å². The summed E-state index contributed by atoms with van der Waals surface area (Å²) < 4.78 is 1.61. The van der Waals surface area contributed by atoms with Crippen LogP contribution in [0.3, 0.4) is 0 Å². The van der Waals surface area contributed by atoms with Gasteiger partial charge in [-0.05, 0) is 18.8 Å². The smallest absolute Gasteiger partial charge is 0.220 e. The normalized spacial score (nSPS) is 16.7. The highest BCUT2D eigenvalue weighted by Gasteiger charge is 2.17. The van der Waals surface area contributed by atoms with Gasteiger partial charge in [-0.3, -0.25) is 9.48 Å². The minimum absolute atomic E-state index is 0.130. The number of carbonyl (C=O) groups excluding carboxylic acids is 1. The van der Waals surface area contributed by atoms with Gasteiger partial charge in [0.1, 0.15) is 5.82 Å². The van der Waals surface area contributed by atoms with Gasteiger partial charge >= 0.3 is 0 Å². The number of nitrogens with two attached hydrogens (primary N) is 1. The maximum Gasteiger partial charge on any atom is 0.220 e. The average Bonchev–Trinajstić information content (AvgIpc) is 2.69. The highest BCUT2D eigenvalue weighted by atomic mass is 16.1. The minimum Gasteiger partial charge on any atom is -0.384 e. The Morgan fingerprint density at radius 1 is 1.50 bits per heavy atom. The molecule has 100 valence electrons. The molecule has 1 amide bonds. The van der Waals surface area contributed by atoms with E-state index < -0.39 is 0 Å². The van der Waals surface area contributed by atoms with Gasteiger partial charge in [0.05, 0.1) is 6.20 Å². The molecule has 2 rings (SSSR count). The van der Waals surface area contributed by atoms with Crippen LogP contribution in [0, 0.1) is 5.92 Å². The van der Waals surface area contributed by atoms with Crippen LogP contribution in [-0.2, 0) is 18.4 Å². The van der Waals surface area contributed by atoms with Crippen LogP contribution in [0.2, 0.25) is 0 Å². The van der Waals surface area contributed by atoms with Crippen molar-refractivity contribution in [2.75, 3.05) is 5.73 Å². The molecule has 3 N–H and O–H groups in total. The van der Waals surface area contributed by atoms with Crippen LogP contribution in [0.25, 0.3) is 0 Å². The number of hydrogen-bond donors (Lipinski definition) is 2. The number of nitrogen functional groups attached to an aromatic ring is 1. The summed E-state index contributed by atoms with van der Waals surface area (Å²) in [5.41, 5.74) is 6.71. The van der Waals surface area contributed by atoms with Crippen LogP contribution in [0.15, 0.2) is 6.20 Å². The maximum atomic E-state index is 11.8. The van der Waals surface area contributed by atoms with Gasteiger partial charge in [0, 0.05) is 25.6 Å². The summed E-state index contributed by atoms with van der Waals surface area (Å²) in [4.78, 5) is 11.8. The first-order valence-corrected chi connectivity index (χ1v) is 6.70. The van der Waals surface area contributed by atoms with Crippen molar-refractivity contribution in [2.45, 2.75) is 45.1 Å². The second-order valence-electron chi connectivity index (χ2n) is 5.16. The summed E-state index contributed by atoms with van der Waals surface area (Å²) in [6.45, 7) is 0.477. The average molecular weight is 250 g/mol. The second kappa shape index (κ2) is 5.89. The van der Waals surface area contributed by atoms with Crippen molar-refractivity contribution in [2.24, 2.45) is 13.0 Å². The molecule has 1 saturated carbocycles. The van der Waals surface area contributed by atoms with E-state index in [0.717, 1.165) is 5.56 Å². The van der Waals surface area contributed by atoms with Crippen LogP contribution in [0.1, 0.15) is 44.1 Å². The van der Waals surface area contributed by atoms with Crippen molar-refractivity contribution in [1.29, 1.82) is 0 Å². The fraction of sp³-hybridized carbons (Fsp3) is 0.692. The molecule has 18 heavy (non-hydrogen) atoms. The molecule has 1 aromatic heterocycles. The van der Waals surface area contributed by atoms with Crippen molar-refractivity contribution < 1.29 is 4.79 Å². The predicted octanol–water partition coefficient (Wildman–Crippen LogP) is 1.59. The lowest BCUT2D eigenvalue weighted by Gasteiger charge is -2.20. The van der Waals surface area contributed by atoms with Gasteiger partial charge in [0.25, 0.3) is 0 Å². The highest BCUT2D eigenvalue weighted by molar-refractivity contribution is 5.76. The Kier molecular flexibility index (Phi) is 4.23. The number of nitrogens with one attached hydrogen (secondary N) is 1. The molecule has 1 aliphatic carbocycles. The lowest BCUT2D eigenvalue weighted by Crippen LogP contribution is -2.26. The van der Waals surface area contributed by atoms with Crippen LogP contribution in [0.4, 0.5) is 5.82 Å². The van der Waals surface area contributed by atoms with Crippen LogP contribution >= 0.6 is 0 Å². The molecule has 5 nitrogen and oxygen atoms in total. The molecule has 0 radical (unpaired) electrons. The Labute approximate surface area is 108 Å². The first-order chi connectivity index (χ1) is 8.66. The van der Waals surface area contributed by atoms with E-state index in [9.17, 15) is 4.79 Å². The molecule has 0 spiro atoms. The van der Waals surface area contributed by atoms with E-state index in [1.54, 1.807) is 17.9 Å². The number of hydrogen-bond acceptors (Lipinski definition) is 3. The molecule has 0 atom stereocenters. The summed E-state index contributed by atoms with van der Waals surface area (Å²) in [7, 11) is 1.79. The van der Waals surface area contributed by atoms with E-state index in [2.05, 4.69) is 10.4 Å². The fourth-order valence-electron chi connectivity index (χ4n) is 2.55. The van der Waals surface area contributed by atoms with Crippen molar-refractivity contribution in [3.8, 4) is 0 Å². The summed E-state index contributed by atoms with van der Waals surface area (Å²) in [6.07, 6.45) is 8.62. The zero-order valence-electron chi connectivity index (χ0n) is 11.0. The molecule has 1 aromatic rings. The first-order valence-electron chi connectivity index (χ1n) is 6.70. The van der Waals surface area contributed by atoms with Gasteiger partial charge in [-0.15, -0.1) is 0 Å². The summed E-state index contributed by atoms with van der Waals surface area (Å²) in [5, 5.41) is 6.98. The van der Waals surface area contributed by atoms with E-state index in [1.165, 1.54) is 32.1 Å². The second-order valence-corrected chi connectivity index (χ2v) is 5.16. The molecule has 0 aliphatic heterocycles. The summed E-state index contributed by atoms with van der Waals surface area (Å²) >= 11 is 0. The molecule has 0 bridgehead atoms. The van der Waals surface area contributed by atoms with Crippen molar-refractivity contribution in [3.63, 3.8) is 0 Å². The number of carbonyl (C=O) groups is 1. The number of aryl methyl sites for hydroxylation is 1. The third-order valence-corrected chi connectivity index (χ3v) is 3.74. The minimum atomic E-state index is 0.130. The Bertz CT molecular complexity index is 407. The molecule has 0 saturated heterocycles. The van der Waals surface area contributed by atoms with E-state index in [1.807, 2.05) is 0 Å². The summed E-state index contributed by atoms with van der Waals surface area (Å²) in [5.74, 6) is 1.32. The van der Waals surface area contributed by atoms with Crippen LogP contribution in [-0.4, -0.2) is 15.7 Å². The molecule has 1 aliphatic rings. The van der Waals surface area contributed by atoms with Gasteiger partial charge in [-0.25, -0.2) is 0 Å². The highest BCUT2D eigenvalue weighted by Crippen LogP contribution is 2.26. The molecular formula is C13H22N4O. The standard InChI is InChI=1S/C13H22N4O/c1-17-13(14)11(9-16-17)8-15-12(18)7-10-5-3-2-4-6-10/h9-10H,2-8,14H2,1H3,(H,15,18). The lowest BCUT2D eigenvalue weighted by atomic mass is 9.87. The SMILES string of the molecule is Cn1ncc(CNC(=O)CC2CCCCC2)c1N. The number of rotatable bonds is 4. The Balaban J connectivity index is 1.76. The first kappa shape index (κ1) is 12.9. The van der Waals surface area contributed by atoms with E-state index in [-0.39, 0.29) is 5.91 Å². The number of aromatic nitrogens is 2. The van der Waals surface area contributed by atoms with E-state index >= 15 is 0 Å². The molecule has 1 heterocycles. The third-order valence-electron chi connectivity index (χ3n) is 3.74. The topological polar surface area (TPSA) is 72.9 Å². The van der Waals surface area contributed by atoms with Crippen LogP contribution < -0.4 is 11.1 Å². The Morgan fingerprint density at radius 3 is 2.83 bits per heavy atom. The fourth-order valence-corrected chi connectivity index (χ4v) is 2.55. The Hall–Kier alpha value is -1.52. The molecule has 5 heteroatoms. The zero-order chi connectivity index (χ0) is 13.0. The molecule has 1 fully saturated rings. The van der Waals surface area contributed by atoms with Gasteiger partial charge in [-0.1, -0.05) is 19.3 Å². The molecular weight excluding hydrogens is 228 g/mol. The van der Waals surface area contributed by atoms with Crippen molar-refractivity contribution in [1.82, 2.24) is 15.1 Å². The predicted molar refractivity (Wildman–Crippen MR) is 70.7 cm³/mol. The maximum absolute atomic E-state index is 11.8. The van der Waals surface area contributed by atoms with Crippen LogP contribution in [0.5, 0.6) is 0 Å². The monoisotopic (exact) mass is 250 g/mol. The molecule has 0 unspecified atom stereocenters. The number of nitrogens with zero attached hydrogens (tertiary/aromatic N) is 2. The number of amides is 1. The number of anilines is 1. The lowest BCUT2D eigenvalue weighted by molar-refractivity contribution is -0.122. The van der Waals surface area contributed by atoms with Gasteiger partial charge in [0.15, 0.2) is 0 Å². The largest absolute Gasteiger partial charge is 0.384 e. The third kappa shape index (κ3) is 3.24. The van der Waals surface area contributed by atoms with Gasteiger partial charge < -0.3 is 11.1 Å².